The fraction of sp³-hybridized carbons (Fsp3) is 0.857. The fourth-order valence-electron chi connectivity index (χ4n) is 4.68. The molecule has 0 aromatic carbocycles. The number of rotatable bonds is 15. The Kier molecular flexibility index (Phi) is 12.1. The van der Waals surface area contributed by atoms with E-state index < -0.39 is 14.3 Å². The molecule has 0 spiro atoms. The molecular formula is C28H52O4Si. The normalized spacial score (nSPS) is 21.2. The average Bonchev–Trinajstić information content (AvgIpc) is 3.04. The smallest absolute Gasteiger partial charge is 0.303 e. The molecule has 0 heterocycles. The Hall–Kier alpha value is -0.943. The fourth-order valence-corrected chi connectivity index (χ4v) is 6.18. The molecule has 192 valence electrons. The molecule has 1 aliphatic rings. The minimum atomic E-state index is -1.89. The second-order valence-electron chi connectivity index (χ2n) is 12.4. The van der Waals surface area contributed by atoms with E-state index in [1.807, 2.05) is 0 Å². The molecule has 0 saturated heterocycles. The number of carboxylic acids is 1. The number of ketones is 1. The first-order chi connectivity index (χ1) is 15.2. The molecule has 0 aliphatic heterocycles. The SMILES string of the molecule is CCCCC(C)(C)C(CCC1CCC(=O)C1CC=CCCCC(=O)O)O[Si](C)(C)C(C)(C)C. The highest BCUT2D eigenvalue weighted by atomic mass is 28.4. The number of unbranched alkanes of at least 4 members (excludes halogenated alkanes) is 2. The van der Waals surface area contributed by atoms with Gasteiger partial charge in [-0.05, 0) is 74.4 Å². The van der Waals surface area contributed by atoms with E-state index in [4.69, 9.17) is 9.53 Å². The lowest BCUT2D eigenvalue weighted by Crippen LogP contribution is -2.48. The van der Waals surface area contributed by atoms with E-state index in [0.29, 0.717) is 24.5 Å². The van der Waals surface area contributed by atoms with Crippen LogP contribution in [0.25, 0.3) is 0 Å². The molecule has 4 nitrogen and oxygen atoms in total. The number of allylic oxidation sites excluding steroid dienone is 2. The van der Waals surface area contributed by atoms with Gasteiger partial charge in [0.1, 0.15) is 5.78 Å². The van der Waals surface area contributed by atoms with E-state index in [1.54, 1.807) is 0 Å². The number of hydrogen-bond acceptors (Lipinski definition) is 3. The summed E-state index contributed by atoms with van der Waals surface area (Å²) >= 11 is 0. The molecule has 0 radical (unpaired) electrons. The molecule has 1 aliphatic carbocycles. The van der Waals surface area contributed by atoms with Crippen LogP contribution in [-0.2, 0) is 14.0 Å². The molecule has 33 heavy (non-hydrogen) atoms. The molecule has 1 rings (SSSR count). The molecule has 1 fully saturated rings. The van der Waals surface area contributed by atoms with Crippen LogP contribution < -0.4 is 0 Å². The van der Waals surface area contributed by atoms with Crippen LogP contribution >= 0.6 is 0 Å². The van der Waals surface area contributed by atoms with Crippen molar-refractivity contribution in [1.82, 2.24) is 0 Å². The molecule has 0 aromatic heterocycles. The van der Waals surface area contributed by atoms with Gasteiger partial charge in [-0.15, -0.1) is 0 Å². The van der Waals surface area contributed by atoms with Crippen molar-refractivity contribution in [2.75, 3.05) is 0 Å². The van der Waals surface area contributed by atoms with Gasteiger partial charge < -0.3 is 9.53 Å². The van der Waals surface area contributed by atoms with Crippen LogP contribution in [0.4, 0.5) is 0 Å². The topological polar surface area (TPSA) is 63.6 Å². The molecule has 3 atom stereocenters. The zero-order chi connectivity index (χ0) is 25.3. The number of carbonyl (C=O) groups is 2. The zero-order valence-electron chi connectivity index (χ0n) is 22.8. The Labute approximate surface area is 205 Å². The van der Waals surface area contributed by atoms with E-state index in [2.05, 4.69) is 66.8 Å². The Balaban J connectivity index is 2.81. The van der Waals surface area contributed by atoms with Crippen molar-refractivity contribution in [2.45, 2.75) is 136 Å². The Morgan fingerprint density at radius 3 is 2.42 bits per heavy atom. The zero-order valence-corrected chi connectivity index (χ0v) is 23.8. The van der Waals surface area contributed by atoms with E-state index in [0.717, 1.165) is 32.1 Å². The molecule has 0 aromatic rings. The van der Waals surface area contributed by atoms with E-state index in [-0.39, 0.29) is 28.9 Å². The molecule has 1 saturated carbocycles. The third-order valence-corrected chi connectivity index (χ3v) is 12.6. The first-order valence-electron chi connectivity index (χ1n) is 13.3. The number of carboxylic acid groups (broad SMARTS) is 1. The van der Waals surface area contributed by atoms with Gasteiger partial charge in [0.15, 0.2) is 8.32 Å². The number of aliphatic carboxylic acids is 1. The van der Waals surface area contributed by atoms with Gasteiger partial charge in [0.25, 0.3) is 0 Å². The van der Waals surface area contributed by atoms with Crippen molar-refractivity contribution >= 4 is 20.1 Å². The van der Waals surface area contributed by atoms with E-state index in [1.165, 1.54) is 19.3 Å². The van der Waals surface area contributed by atoms with Crippen LogP contribution in [0.2, 0.25) is 18.1 Å². The van der Waals surface area contributed by atoms with Gasteiger partial charge in [-0.3, -0.25) is 9.59 Å². The van der Waals surface area contributed by atoms with Crippen molar-refractivity contribution in [3.8, 4) is 0 Å². The summed E-state index contributed by atoms with van der Waals surface area (Å²) in [4.78, 5) is 23.2. The molecule has 3 unspecified atom stereocenters. The highest BCUT2D eigenvalue weighted by Gasteiger charge is 2.43. The standard InChI is InChI=1S/C28H52O4Si/c1-9-10-21-28(5,6)25(32-33(7,8)27(2,3)4)20-18-22-17-19-24(29)23(22)15-13-11-12-14-16-26(30)31/h11,13,22-23,25H,9-10,12,14-21H2,1-8H3,(H,30,31). The van der Waals surface area contributed by atoms with Crippen LogP contribution in [0.1, 0.15) is 112 Å². The second-order valence-corrected chi connectivity index (χ2v) is 17.2. The Morgan fingerprint density at radius 2 is 1.85 bits per heavy atom. The summed E-state index contributed by atoms with van der Waals surface area (Å²) in [6.07, 6.45) is 14.2. The van der Waals surface area contributed by atoms with Crippen LogP contribution in [0.3, 0.4) is 0 Å². The highest BCUT2D eigenvalue weighted by Crippen LogP contribution is 2.44. The number of hydrogen-bond donors (Lipinski definition) is 1. The number of carbonyl (C=O) groups excluding carboxylic acids is 1. The van der Waals surface area contributed by atoms with Crippen LogP contribution in [0, 0.1) is 17.3 Å². The summed E-state index contributed by atoms with van der Waals surface area (Å²) in [6.45, 7) is 18.6. The lowest BCUT2D eigenvalue weighted by atomic mass is 9.77. The summed E-state index contributed by atoms with van der Waals surface area (Å²) in [5.41, 5.74) is 0.133. The predicted molar refractivity (Wildman–Crippen MR) is 141 cm³/mol. The minimum absolute atomic E-state index is 0.119. The summed E-state index contributed by atoms with van der Waals surface area (Å²) in [7, 11) is -1.89. The summed E-state index contributed by atoms with van der Waals surface area (Å²) < 4.78 is 7.02. The predicted octanol–water partition coefficient (Wildman–Crippen LogP) is 8.17. The Morgan fingerprint density at radius 1 is 1.18 bits per heavy atom. The lowest BCUT2D eigenvalue weighted by Gasteiger charge is -2.45. The summed E-state index contributed by atoms with van der Waals surface area (Å²) in [5, 5.41) is 8.94. The third kappa shape index (κ3) is 10.1. The maximum Gasteiger partial charge on any atom is 0.303 e. The first kappa shape index (κ1) is 30.1. The molecule has 0 amide bonds. The average molecular weight is 481 g/mol. The first-order valence-corrected chi connectivity index (χ1v) is 16.2. The van der Waals surface area contributed by atoms with Crippen LogP contribution in [0.15, 0.2) is 12.2 Å². The second kappa shape index (κ2) is 13.2. The molecule has 1 N–H and O–H groups in total. The van der Waals surface area contributed by atoms with Crippen LogP contribution in [0.5, 0.6) is 0 Å². The third-order valence-electron chi connectivity index (χ3n) is 8.15. The van der Waals surface area contributed by atoms with Crippen molar-refractivity contribution in [3.63, 3.8) is 0 Å². The van der Waals surface area contributed by atoms with Gasteiger partial charge in [0.2, 0.25) is 0 Å². The highest BCUT2D eigenvalue weighted by molar-refractivity contribution is 6.74. The maximum absolute atomic E-state index is 12.6. The van der Waals surface area contributed by atoms with Crippen molar-refractivity contribution in [2.24, 2.45) is 17.3 Å². The molecule has 5 heteroatoms. The van der Waals surface area contributed by atoms with E-state index in [9.17, 15) is 9.59 Å². The van der Waals surface area contributed by atoms with Gasteiger partial charge in [-0.1, -0.05) is 66.5 Å². The van der Waals surface area contributed by atoms with Gasteiger partial charge in [0.05, 0.1) is 6.10 Å². The van der Waals surface area contributed by atoms with Crippen molar-refractivity contribution < 1.29 is 19.1 Å². The van der Waals surface area contributed by atoms with E-state index >= 15 is 0 Å². The van der Waals surface area contributed by atoms with Gasteiger partial charge in [-0.25, -0.2) is 0 Å². The molecule has 0 bridgehead atoms. The van der Waals surface area contributed by atoms with Gasteiger partial charge >= 0.3 is 5.97 Å². The Bertz CT molecular complexity index is 645. The van der Waals surface area contributed by atoms with Crippen molar-refractivity contribution in [1.29, 1.82) is 0 Å². The largest absolute Gasteiger partial charge is 0.481 e. The quantitative estimate of drug-likeness (QED) is 0.146. The monoisotopic (exact) mass is 480 g/mol. The lowest BCUT2D eigenvalue weighted by molar-refractivity contribution is -0.137. The van der Waals surface area contributed by atoms with Gasteiger partial charge in [0, 0.05) is 18.8 Å². The van der Waals surface area contributed by atoms with Crippen LogP contribution in [-0.4, -0.2) is 31.3 Å². The summed E-state index contributed by atoms with van der Waals surface area (Å²) in [5.74, 6) is 0.217. The van der Waals surface area contributed by atoms with Gasteiger partial charge in [-0.2, -0.15) is 0 Å². The minimum Gasteiger partial charge on any atom is -0.481 e. The summed E-state index contributed by atoms with van der Waals surface area (Å²) in [6, 6.07) is 0. The number of Topliss-reactive ketones (excluding diaryl/α,β-unsaturated/α-hetero) is 1. The van der Waals surface area contributed by atoms with Crippen molar-refractivity contribution in [3.05, 3.63) is 12.2 Å². The molecular weight excluding hydrogens is 428 g/mol. The maximum atomic E-state index is 12.6.